The number of anilines is 3. The van der Waals surface area contributed by atoms with Crippen LogP contribution < -0.4 is 4.90 Å². The molecule has 0 atom stereocenters. The molecule has 0 saturated carbocycles. The summed E-state index contributed by atoms with van der Waals surface area (Å²) in [4.78, 5) is 2.46. The van der Waals surface area contributed by atoms with Gasteiger partial charge in [0, 0.05) is 27.6 Å². The summed E-state index contributed by atoms with van der Waals surface area (Å²) >= 11 is 0. The van der Waals surface area contributed by atoms with Gasteiger partial charge in [0.2, 0.25) is 0 Å². The van der Waals surface area contributed by atoms with Crippen LogP contribution >= 0.6 is 0 Å². The first-order valence-corrected chi connectivity index (χ1v) is 15.5. The molecule has 6 aromatic carbocycles. The largest absolute Gasteiger partial charge is 0.310 e. The molecule has 0 amide bonds. The van der Waals surface area contributed by atoms with Crippen molar-refractivity contribution < 1.29 is 0 Å². The van der Waals surface area contributed by atoms with E-state index in [1.807, 2.05) is 0 Å². The zero-order chi connectivity index (χ0) is 29.7. The molecule has 0 fully saturated rings. The number of fused-ring (bicyclic) bond motifs is 8. The molecule has 2 aliphatic rings. The average molecular weight is 556 g/mol. The standard InChI is InChI=1S/C42H37N/c1-26-13-11-15-28(21-26)43(29-16-12-14-27(2)22-29)39-25-38-40(32-19-8-7-18-31(32)39)34-24-36-33(23-37(34)42(38,5)6)30-17-9-10-20-35(30)41(36,3)4/h7-25H,1-6H3. The molecule has 1 nitrogen and oxygen atoms in total. The van der Waals surface area contributed by atoms with Crippen LogP contribution in [-0.2, 0) is 10.8 Å². The Kier molecular flexibility index (Phi) is 5.42. The minimum absolute atomic E-state index is 0.0310. The molecule has 6 aromatic rings. The second-order valence-electron chi connectivity index (χ2n) is 13.6. The number of aryl methyl sites for hydroxylation is 2. The van der Waals surface area contributed by atoms with Gasteiger partial charge in [0.15, 0.2) is 0 Å². The molecule has 2 aliphatic carbocycles. The van der Waals surface area contributed by atoms with Crippen molar-refractivity contribution in [2.75, 3.05) is 4.90 Å². The van der Waals surface area contributed by atoms with Gasteiger partial charge in [0.25, 0.3) is 0 Å². The predicted octanol–water partition coefficient (Wildman–Crippen LogP) is 11.5. The van der Waals surface area contributed by atoms with E-state index in [0.717, 1.165) is 0 Å². The highest BCUT2D eigenvalue weighted by atomic mass is 15.1. The predicted molar refractivity (Wildman–Crippen MR) is 183 cm³/mol. The van der Waals surface area contributed by atoms with Gasteiger partial charge in [-0.1, -0.05) is 100 Å². The number of benzene rings is 6. The van der Waals surface area contributed by atoms with E-state index in [2.05, 4.69) is 162 Å². The van der Waals surface area contributed by atoms with Crippen molar-refractivity contribution in [1.82, 2.24) is 0 Å². The van der Waals surface area contributed by atoms with E-state index >= 15 is 0 Å². The Balaban J connectivity index is 1.43. The molecule has 0 aliphatic heterocycles. The van der Waals surface area contributed by atoms with Crippen molar-refractivity contribution in [2.45, 2.75) is 52.4 Å². The molecule has 0 radical (unpaired) electrons. The summed E-state index contributed by atoms with van der Waals surface area (Å²) in [6.45, 7) is 14.0. The number of hydrogen-bond donors (Lipinski definition) is 0. The average Bonchev–Trinajstić information content (AvgIpc) is 3.36. The van der Waals surface area contributed by atoms with E-state index in [9.17, 15) is 0 Å². The minimum Gasteiger partial charge on any atom is -0.310 e. The molecule has 1 heteroatoms. The molecule has 210 valence electrons. The monoisotopic (exact) mass is 555 g/mol. The van der Waals surface area contributed by atoms with E-state index in [-0.39, 0.29) is 10.8 Å². The van der Waals surface area contributed by atoms with Gasteiger partial charge in [-0.15, -0.1) is 0 Å². The van der Waals surface area contributed by atoms with E-state index in [0.29, 0.717) is 0 Å². The first-order valence-electron chi connectivity index (χ1n) is 15.5. The van der Waals surface area contributed by atoms with Crippen LogP contribution in [0.5, 0.6) is 0 Å². The van der Waals surface area contributed by atoms with Crippen molar-refractivity contribution in [3.05, 3.63) is 149 Å². The van der Waals surface area contributed by atoms with Gasteiger partial charge in [-0.25, -0.2) is 0 Å². The highest BCUT2D eigenvalue weighted by molar-refractivity contribution is 6.10. The lowest BCUT2D eigenvalue weighted by Crippen LogP contribution is -2.18. The zero-order valence-corrected chi connectivity index (χ0v) is 25.9. The molecule has 0 spiro atoms. The van der Waals surface area contributed by atoms with Crippen LogP contribution in [0.4, 0.5) is 17.1 Å². The number of hydrogen-bond acceptors (Lipinski definition) is 1. The normalized spacial score (nSPS) is 15.1. The molecule has 43 heavy (non-hydrogen) atoms. The quantitative estimate of drug-likeness (QED) is 0.210. The van der Waals surface area contributed by atoms with Gasteiger partial charge in [-0.3, -0.25) is 0 Å². The van der Waals surface area contributed by atoms with Gasteiger partial charge in [0.05, 0.1) is 5.69 Å². The summed E-state index contributed by atoms with van der Waals surface area (Å²) in [5.74, 6) is 0. The molecule has 0 saturated heterocycles. The highest BCUT2D eigenvalue weighted by Crippen LogP contribution is 2.58. The van der Waals surface area contributed by atoms with Crippen molar-refractivity contribution >= 4 is 27.8 Å². The van der Waals surface area contributed by atoms with Gasteiger partial charge in [-0.05, 0) is 117 Å². The van der Waals surface area contributed by atoms with Crippen molar-refractivity contribution in [3.8, 4) is 22.3 Å². The minimum atomic E-state index is -0.148. The second kappa shape index (κ2) is 8.94. The Morgan fingerprint density at radius 1 is 0.442 bits per heavy atom. The van der Waals surface area contributed by atoms with Gasteiger partial charge in [-0.2, -0.15) is 0 Å². The maximum Gasteiger partial charge on any atom is 0.0543 e. The summed E-state index contributed by atoms with van der Waals surface area (Å²) in [5, 5.41) is 2.59. The first kappa shape index (κ1) is 26.0. The van der Waals surface area contributed by atoms with Crippen LogP contribution in [0, 0.1) is 13.8 Å². The summed E-state index contributed by atoms with van der Waals surface area (Å²) in [5.41, 5.74) is 17.2. The zero-order valence-electron chi connectivity index (χ0n) is 25.9. The summed E-state index contributed by atoms with van der Waals surface area (Å²) in [7, 11) is 0. The second-order valence-corrected chi connectivity index (χ2v) is 13.6. The topological polar surface area (TPSA) is 3.24 Å². The Morgan fingerprint density at radius 3 is 1.67 bits per heavy atom. The lowest BCUT2D eigenvalue weighted by atomic mass is 9.79. The Bertz CT molecular complexity index is 2060. The summed E-state index contributed by atoms with van der Waals surface area (Å²) in [6, 6.07) is 43.3. The van der Waals surface area contributed by atoms with Gasteiger partial charge < -0.3 is 4.90 Å². The van der Waals surface area contributed by atoms with Gasteiger partial charge >= 0.3 is 0 Å². The molecule has 8 rings (SSSR count). The van der Waals surface area contributed by atoms with E-state index in [4.69, 9.17) is 0 Å². The third-order valence-corrected chi connectivity index (χ3v) is 10.1. The van der Waals surface area contributed by atoms with Gasteiger partial charge in [0.1, 0.15) is 0 Å². The fraction of sp³-hybridized carbons (Fsp3) is 0.190. The van der Waals surface area contributed by atoms with E-state index in [1.54, 1.807) is 0 Å². The van der Waals surface area contributed by atoms with E-state index in [1.165, 1.54) is 83.5 Å². The van der Waals surface area contributed by atoms with Crippen LogP contribution in [0.3, 0.4) is 0 Å². The fourth-order valence-corrected chi connectivity index (χ4v) is 7.90. The molecular formula is C42H37N. The third-order valence-electron chi connectivity index (χ3n) is 10.1. The molecular weight excluding hydrogens is 518 g/mol. The van der Waals surface area contributed by atoms with Crippen LogP contribution in [0.2, 0.25) is 0 Å². The number of nitrogens with zero attached hydrogens (tertiary/aromatic N) is 1. The molecule has 0 bridgehead atoms. The highest BCUT2D eigenvalue weighted by Gasteiger charge is 2.42. The van der Waals surface area contributed by atoms with Crippen LogP contribution in [0.15, 0.2) is 115 Å². The molecule has 0 heterocycles. The van der Waals surface area contributed by atoms with Crippen molar-refractivity contribution in [2.24, 2.45) is 0 Å². The Morgan fingerprint density at radius 2 is 1.00 bits per heavy atom. The summed E-state index contributed by atoms with van der Waals surface area (Å²) < 4.78 is 0. The van der Waals surface area contributed by atoms with E-state index < -0.39 is 0 Å². The first-order chi connectivity index (χ1) is 20.7. The Hall–Kier alpha value is -4.62. The molecule has 0 unspecified atom stereocenters. The van der Waals surface area contributed by atoms with Crippen LogP contribution in [-0.4, -0.2) is 0 Å². The van der Waals surface area contributed by atoms with Crippen LogP contribution in [0.25, 0.3) is 33.0 Å². The lowest BCUT2D eigenvalue weighted by Gasteiger charge is -2.30. The van der Waals surface area contributed by atoms with Crippen molar-refractivity contribution in [1.29, 1.82) is 0 Å². The van der Waals surface area contributed by atoms with Crippen LogP contribution in [0.1, 0.15) is 61.1 Å². The summed E-state index contributed by atoms with van der Waals surface area (Å²) in [6.07, 6.45) is 0. The third kappa shape index (κ3) is 3.64. The maximum absolute atomic E-state index is 2.53. The number of rotatable bonds is 3. The fourth-order valence-electron chi connectivity index (χ4n) is 7.90. The smallest absolute Gasteiger partial charge is 0.0543 e. The van der Waals surface area contributed by atoms with Crippen molar-refractivity contribution in [3.63, 3.8) is 0 Å². The lowest BCUT2D eigenvalue weighted by molar-refractivity contribution is 0.652. The molecule has 0 aromatic heterocycles. The molecule has 0 N–H and O–H groups in total. The Labute approximate surface area is 255 Å². The SMILES string of the molecule is Cc1cccc(N(c2cccc(C)c2)c2cc3c(c4ccccc24)-c2cc4c(cc2C3(C)C)-c2ccccc2C4(C)C)c1. The maximum atomic E-state index is 2.53.